The molecule has 0 bridgehead atoms. The van der Waals surface area contributed by atoms with E-state index in [1.807, 2.05) is 12.1 Å². The van der Waals surface area contributed by atoms with E-state index in [0.717, 1.165) is 44.6 Å². The summed E-state index contributed by atoms with van der Waals surface area (Å²) in [5.41, 5.74) is 1.38. The molecule has 0 unspecified atom stereocenters. The van der Waals surface area contributed by atoms with E-state index < -0.39 is 0 Å². The zero-order chi connectivity index (χ0) is 14.8. The molecule has 114 valence electrons. The second-order valence-corrected chi connectivity index (χ2v) is 6.24. The van der Waals surface area contributed by atoms with E-state index in [2.05, 4.69) is 38.2 Å². The number of aliphatic hydroxyl groups is 1. The third kappa shape index (κ3) is 8.18. The van der Waals surface area contributed by atoms with Crippen molar-refractivity contribution in [3.63, 3.8) is 0 Å². The Kier molecular flexibility index (Phi) is 7.63. The first-order valence-electron chi connectivity index (χ1n) is 7.59. The standard InChI is InChI=1S/C17H29NO2/c1-17(2,3)18-14-15-9-8-10-16(13-15)20-12-7-5-4-6-11-19/h8-10,13,18-19H,4-7,11-12,14H2,1-3H3. The van der Waals surface area contributed by atoms with Gasteiger partial charge in [0.05, 0.1) is 6.61 Å². The monoisotopic (exact) mass is 279 g/mol. The molecular formula is C17H29NO2. The highest BCUT2D eigenvalue weighted by Crippen LogP contribution is 2.15. The minimum atomic E-state index is 0.129. The van der Waals surface area contributed by atoms with Gasteiger partial charge < -0.3 is 15.2 Å². The van der Waals surface area contributed by atoms with Crippen LogP contribution in [0.1, 0.15) is 52.0 Å². The number of unbranched alkanes of at least 4 members (excludes halogenated alkanes) is 3. The molecule has 1 aromatic carbocycles. The summed E-state index contributed by atoms with van der Waals surface area (Å²) < 4.78 is 5.77. The van der Waals surface area contributed by atoms with Gasteiger partial charge in [-0.15, -0.1) is 0 Å². The third-order valence-corrected chi connectivity index (χ3v) is 3.04. The molecule has 0 aliphatic carbocycles. The molecule has 3 nitrogen and oxygen atoms in total. The number of aliphatic hydroxyl groups excluding tert-OH is 1. The summed E-state index contributed by atoms with van der Waals surface area (Å²) in [6, 6.07) is 8.27. The van der Waals surface area contributed by atoms with Crippen LogP contribution in [0.3, 0.4) is 0 Å². The zero-order valence-electron chi connectivity index (χ0n) is 13.1. The summed E-state index contributed by atoms with van der Waals surface area (Å²) in [6.45, 7) is 8.40. The maximum absolute atomic E-state index is 8.70. The largest absolute Gasteiger partial charge is 0.494 e. The van der Waals surface area contributed by atoms with E-state index in [1.54, 1.807) is 0 Å². The van der Waals surface area contributed by atoms with E-state index in [0.29, 0.717) is 6.61 Å². The van der Waals surface area contributed by atoms with Crippen molar-refractivity contribution in [3.05, 3.63) is 29.8 Å². The van der Waals surface area contributed by atoms with Crippen LogP contribution in [-0.4, -0.2) is 23.9 Å². The maximum atomic E-state index is 8.70. The Labute approximate surface area is 123 Å². The van der Waals surface area contributed by atoms with Crippen LogP contribution in [0.4, 0.5) is 0 Å². The molecule has 0 atom stereocenters. The highest BCUT2D eigenvalue weighted by molar-refractivity contribution is 5.28. The quantitative estimate of drug-likeness (QED) is 0.680. The van der Waals surface area contributed by atoms with Crippen molar-refractivity contribution < 1.29 is 9.84 Å². The number of nitrogens with one attached hydrogen (secondary N) is 1. The van der Waals surface area contributed by atoms with Gasteiger partial charge in [0.1, 0.15) is 5.75 Å². The Hall–Kier alpha value is -1.06. The van der Waals surface area contributed by atoms with Crippen molar-refractivity contribution in [1.29, 1.82) is 0 Å². The first kappa shape index (κ1) is 17.0. The zero-order valence-corrected chi connectivity index (χ0v) is 13.1. The lowest BCUT2D eigenvalue weighted by molar-refractivity contribution is 0.273. The van der Waals surface area contributed by atoms with Crippen molar-refractivity contribution in [2.75, 3.05) is 13.2 Å². The number of rotatable bonds is 9. The maximum Gasteiger partial charge on any atom is 0.119 e. The van der Waals surface area contributed by atoms with Gasteiger partial charge in [-0.3, -0.25) is 0 Å². The average molecular weight is 279 g/mol. The average Bonchev–Trinajstić information content (AvgIpc) is 2.40. The molecule has 1 aromatic rings. The fraction of sp³-hybridized carbons (Fsp3) is 0.647. The van der Waals surface area contributed by atoms with Gasteiger partial charge in [0.15, 0.2) is 0 Å². The van der Waals surface area contributed by atoms with E-state index >= 15 is 0 Å². The molecule has 0 saturated heterocycles. The molecule has 0 aromatic heterocycles. The predicted octanol–water partition coefficient (Wildman–Crippen LogP) is 3.51. The number of benzene rings is 1. The summed E-state index contributed by atoms with van der Waals surface area (Å²) in [7, 11) is 0. The molecule has 20 heavy (non-hydrogen) atoms. The Balaban J connectivity index is 2.29. The topological polar surface area (TPSA) is 41.5 Å². The fourth-order valence-corrected chi connectivity index (χ4v) is 1.87. The second kappa shape index (κ2) is 8.98. The van der Waals surface area contributed by atoms with Gasteiger partial charge in [-0.2, -0.15) is 0 Å². The molecule has 0 radical (unpaired) electrons. The van der Waals surface area contributed by atoms with Crippen molar-refractivity contribution >= 4 is 0 Å². The summed E-state index contributed by atoms with van der Waals surface area (Å²) >= 11 is 0. The van der Waals surface area contributed by atoms with Gasteiger partial charge in [0.25, 0.3) is 0 Å². The Bertz CT molecular complexity index is 371. The van der Waals surface area contributed by atoms with Crippen LogP contribution in [-0.2, 0) is 6.54 Å². The van der Waals surface area contributed by atoms with Gasteiger partial charge in [0, 0.05) is 18.7 Å². The summed E-state index contributed by atoms with van der Waals surface area (Å²) in [6.07, 6.45) is 4.14. The van der Waals surface area contributed by atoms with Gasteiger partial charge in [-0.1, -0.05) is 18.6 Å². The fourth-order valence-electron chi connectivity index (χ4n) is 1.87. The molecule has 0 saturated carbocycles. The van der Waals surface area contributed by atoms with Crippen molar-refractivity contribution in [1.82, 2.24) is 5.32 Å². The molecule has 2 N–H and O–H groups in total. The molecule has 0 aliphatic rings. The Morgan fingerprint density at radius 2 is 1.85 bits per heavy atom. The van der Waals surface area contributed by atoms with Crippen molar-refractivity contribution in [2.45, 2.75) is 58.5 Å². The molecule has 1 rings (SSSR count). The second-order valence-electron chi connectivity index (χ2n) is 6.24. The van der Waals surface area contributed by atoms with Crippen molar-refractivity contribution in [3.8, 4) is 5.75 Å². The van der Waals surface area contributed by atoms with Crippen LogP contribution >= 0.6 is 0 Å². The SMILES string of the molecule is CC(C)(C)NCc1cccc(OCCCCCCO)c1. The van der Waals surface area contributed by atoms with E-state index in [1.165, 1.54) is 5.56 Å². The van der Waals surface area contributed by atoms with Crippen LogP contribution < -0.4 is 10.1 Å². The Morgan fingerprint density at radius 1 is 1.10 bits per heavy atom. The number of ether oxygens (including phenoxy) is 1. The summed E-state index contributed by atoms with van der Waals surface area (Å²) in [4.78, 5) is 0. The minimum absolute atomic E-state index is 0.129. The van der Waals surface area contributed by atoms with Crippen LogP contribution in [0.2, 0.25) is 0 Å². The van der Waals surface area contributed by atoms with E-state index in [-0.39, 0.29) is 5.54 Å². The normalized spacial score (nSPS) is 11.6. The molecule has 3 heteroatoms. The van der Waals surface area contributed by atoms with Crippen LogP contribution in [0.15, 0.2) is 24.3 Å². The Morgan fingerprint density at radius 3 is 2.55 bits per heavy atom. The van der Waals surface area contributed by atoms with Gasteiger partial charge in [-0.25, -0.2) is 0 Å². The van der Waals surface area contributed by atoms with Gasteiger partial charge in [0.2, 0.25) is 0 Å². The molecule has 0 amide bonds. The van der Waals surface area contributed by atoms with Gasteiger partial charge in [-0.05, 0) is 57.7 Å². The van der Waals surface area contributed by atoms with E-state index in [9.17, 15) is 0 Å². The van der Waals surface area contributed by atoms with Gasteiger partial charge >= 0.3 is 0 Å². The molecule has 0 spiro atoms. The molecule has 0 aliphatic heterocycles. The highest BCUT2D eigenvalue weighted by Gasteiger charge is 2.08. The third-order valence-electron chi connectivity index (χ3n) is 3.04. The van der Waals surface area contributed by atoms with Crippen molar-refractivity contribution in [2.24, 2.45) is 0 Å². The number of hydrogen-bond acceptors (Lipinski definition) is 3. The minimum Gasteiger partial charge on any atom is -0.494 e. The lowest BCUT2D eigenvalue weighted by atomic mass is 10.1. The highest BCUT2D eigenvalue weighted by atomic mass is 16.5. The summed E-state index contributed by atoms with van der Waals surface area (Å²) in [5.74, 6) is 0.945. The predicted molar refractivity (Wildman–Crippen MR) is 84.1 cm³/mol. The number of hydrogen-bond donors (Lipinski definition) is 2. The lowest BCUT2D eigenvalue weighted by Crippen LogP contribution is -2.35. The van der Waals surface area contributed by atoms with Crippen LogP contribution in [0.5, 0.6) is 5.75 Å². The molecular weight excluding hydrogens is 250 g/mol. The van der Waals surface area contributed by atoms with E-state index in [4.69, 9.17) is 9.84 Å². The summed E-state index contributed by atoms with van der Waals surface area (Å²) in [5, 5.41) is 12.2. The first-order chi connectivity index (χ1) is 9.51. The van der Waals surface area contributed by atoms with Crippen LogP contribution in [0.25, 0.3) is 0 Å². The lowest BCUT2D eigenvalue weighted by Gasteiger charge is -2.20. The molecule has 0 fully saturated rings. The first-order valence-corrected chi connectivity index (χ1v) is 7.59. The smallest absolute Gasteiger partial charge is 0.119 e. The molecule has 0 heterocycles. The van der Waals surface area contributed by atoms with Crippen LogP contribution in [0, 0.1) is 0 Å².